The summed E-state index contributed by atoms with van der Waals surface area (Å²) in [6, 6.07) is 18.2. The predicted octanol–water partition coefficient (Wildman–Crippen LogP) is 5.30. The van der Waals surface area contributed by atoms with Crippen molar-refractivity contribution in [3.63, 3.8) is 0 Å². The monoisotopic (exact) mass is 636 g/mol. The quantitative estimate of drug-likeness (QED) is 0.243. The Labute approximate surface area is 257 Å². The van der Waals surface area contributed by atoms with E-state index in [-0.39, 0.29) is 23.7 Å². The lowest BCUT2D eigenvalue weighted by Gasteiger charge is -2.34. The summed E-state index contributed by atoms with van der Waals surface area (Å²) in [6.45, 7) is 1.51. The van der Waals surface area contributed by atoms with Gasteiger partial charge in [-0.3, -0.25) is 9.59 Å². The van der Waals surface area contributed by atoms with Crippen LogP contribution >= 0.6 is 23.2 Å². The fourth-order valence-corrected chi connectivity index (χ4v) is 5.78. The minimum atomic E-state index is -4.32. The van der Waals surface area contributed by atoms with Gasteiger partial charge in [0.25, 0.3) is 0 Å². The third-order valence-corrected chi connectivity index (χ3v) is 8.99. The highest BCUT2D eigenvalue weighted by Crippen LogP contribution is 2.26. The molecule has 1 atom stereocenters. The molecular weight excluding hydrogens is 602 g/mol. The molecule has 0 aliphatic heterocycles. The first-order chi connectivity index (χ1) is 19.9. The number of carbonyl (C=O) groups excluding carboxylic acids is 2. The molecular formula is C30H35Cl2FN4O4S. The summed E-state index contributed by atoms with van der Waals surface area (Å²) in [4.78, 5) is 29.1. The van der Waals surface area contributed by atoms with Crippen LogP contribution in [-0.2, 0) is 32.8 Å². The van der Waals surface area contributed by atoms with Gasteiger partial charge in [0.1, 0.15) is 18.4 Å². The van der Waals surface area contributed by atoms with E-state index in [0.29, 0.717) is 21.4 Å². The first kappa shape index (κ1) is 33.3. The third kappa shape index (κ3) is 8.67. The second kappa shape index (κ2) is 15.3. The second-order valence-corrected chi connectivity index (χ2v) is 12.8. The van der Waals surface area contributed by atoms with Crippen LogP contribution in [-0.4, -0.2) is 62.7 Å². The number of hydrogen-bond donors (Lipinski definition) is 1. The van der Waals surface area contributed by atoms with Gasteiger partial charge < -0.3 is 10.2 Å². The molecule has 1 unspecified atom stereocenters. The summed E-state index contributed by atoms with van der Waals surface area (Å²) in [5.74, 6) is -1.94. The summed E-state index contributed by atoms with van der Waals surface area (Å²) >= 11 is 12.6. The first-order valence-corrected chi connectivity index (χ1v) is 15.6. The van der Waals surface area contributed by atoms with Crippen LogP contribution in [0.3, 0.4) is 0 Å². The molecule has 0 saturated heterocycles. The largest absolute Gasteiger partial charge is 0.354 e. The van der Waals surface area contributed by atoms with E-state index in [0.717, 1.165) is 28.8 Å². The maximum absolute atomic E-state index is 14.9. The van der Waals surface area contributed by atoms with E-state index in [1.165, 1.54) is 43.3 Å². The molecule has 12 heteroatoms. The van der Waals surface area contributed by atoms with Gasteiger partial charge in [-0.05, 0) is 41.8 Å². The van der Waals surface area contributed by atoms with E-state index >= 15 is 0 Å². The van der Waals surface area contributed by atoms with E-state index in [1.54, 1.807) is 12.1 Å². The molecule has 0 heterocycles. The van der Waals surface area contributed by atoms with Gasteiger partial charge in [-0.15, -0.1) is 0 Å². The number of anilines is 1. The fourth-order valence-electron chi connectivity index (χ4n) is 4.25. The van der Waals surface area contributed by atoms with Crippen molar-refractivity contribution in [2.24, 2.45) is 0 Å². The van der Waals surface area contributed by atoms with Gasteiger partial charge in [0.2, 0.25) is 11.8 Å². The molecule has 0 bridgehead atoms. The highest BCUT2D eigenvalue weighted by atomic mass is 35.5. The molecule has 42 heavy (non-hydrogen) atoms. The zero-order chi connectivity index (χ0) is 30.9. The minimum Gasteiger partial charge on any atom is -0.354 e. The van der Waals surface area contributed by atoms with Crippen LogP contribution in [0.5, 0.6) is 0 Å². The molecule has 0 fully saturated rings. The van der Waals surface area contributed by atoms with Gasteiger partial charge in [0.05, 0.1) is 5.69 Å². The summed E-state index contributed by atoms with van der Waals surface area (Å²) < 4.78 is 43.2. The molecule has 2 amide bonds. The van der Waals surface area contributed by atoms with E-state index in [2.05, 4.69) is 5.32 Å². The van der Waals surface area contributed by atoms with Crippen molar-refractivity contribution < 1.29 is 22.4 Å². The molecule has 0 saturated carbocycles. The third-order valence-electron chi connectivity index (χ3n) is 6.60. The Balaban J connectivity index is 2.11. The van der Waals surface area contributed by atoms with Crippen LogP contribution in [0, 0.1) is 5.82 Å². The molecule has 0 radical (unpaired) electrons. The van der Waals surface area contributed by atoms with Crippen molar-refractivity contribution in [2.75, 3.05) is 31.5 Å². The molecule has 8 nitrogen and oxygen atoms in total. The van der Waals surface area contributed by atoms with Crippen molar-refractivity contribution >= 4 is 50.9 Å². The number of nitrogens with one attached hydrogen (secondary N) is 1. The van der Waals surface area contributed by atoms with Crippen molar-refractivity contribution in [3.05, 3.63) is 99.8 Å². The number of para-hydroxylation sites is 1. The van der Waals surface area contributed by atoms with E-state index in [4.69, 9.17) is 23.2 Å². The van der Waals surface area contributed by atoms with Gasteiger partial charge >= 0.3 is 10.2 Å². The van der Waals surface area contributed by atoms with Crippen molar-refractivity contribution in [3.8, 4) is 0 Å². The second-order valence-electron chi connectivity index (χ2n) is 9.86. The smallest absolute Gasteiger partial charge is 0.304 e. The number of amides is 2. The van der Waals surface area contributed by atoms with Gasteiger partial charge in [-0.2, -0.15) is 12.7 Å². The molecule has 3 aromatic rings. The molecule has 3 aromatic carbocycles. The molecule has 0 aliphatic rings. The average Bonchev–Trinajstić information content (AvgIpc) is 2.95. The first-order valence-electron chi connectivity index (χ1n) is 13.5. The molecule has 1 N–H and O–H groups in total. The van der Waals surface area contributed by atoms with Crippen molar-refractivity contribution in [1.29, 1.82) is 0 Å². The van der Waals surface area contributed by atoms with Gasteiger partial charge in [0.15, 0.2) is 0 Å². The number of unbranched alkanes of at least 4 members (excludes halogenated alkanes) is 1. The Morgan fingerprint density at radius 3 is 2.26 bits per heavy atom. The Kier molecular flexibility index (Phi) is 12.2. The minimum absolute atomic E-state index is 0.124. The molecule has 0 spiro atoms. The Bertz CT molecular complexity index is 1480. The Morgan fingerprint density at radius 1 is 0.976 bits per heavy atom. The van der Waals surface area contributed by atoms with Crippen LogP contribution in [0.25, 0.3) is 0 Å². The number of rotatable bonds is 14. The highest BCUT2D eigenvalue weighted by molar-refractivity contribution is 7.90. The fraction of sp³-hybridized carbons (Fsp3) is 0.333. The van der Waals surface area contributed by atoms with Gasteiger partial charge in [0, 0.05) is 43.7 Å². The van der Waals surface area contributed by atoms with E-state index < -0.39 is 40.4 Å². The lowest BCUT2D eigenvalue weighted by molar-refractivity contribution is -0.140. The summed E-state index contributed by atoms with van der Waals surface area (Å²) in [7, 11) is -1.74. The number of hydrogen-bond acceptors (Lipinski definition) is 4. The van der Waals surface area contributed by atoms with Gasteiger partial charge in [-0.25, -0.2) is 8.70 Å². The zero-order valence-electron chi connectivity index (χ0n) is 23.8. The lowest BCUT2D eigenvalue weighted by Crippen LogP contribution is -2.54. The zero-order valence-corrected chi connectivity index (χ0v) is 26.1. The summed E-state index contributed by atoms with van der Waals surface area (Å²) in [5.41, 5.74) is 0.998. The topological polar surface area (TPSA) is 90.0 Å². The Morgan fingerprint density at radius 2 is 1.64 bits per heavy atom. The number of carbonyl (C=O) groups is 2. The van der Waals surface area contributed by atoms with Crippen molar-refractivity contribution in [2.45, 2.75) is 38.8 Å². The number of nitrogens with zero attached hydrogens (tertiary/aromatic N) is 3. The molecule has 3 rings (SSSR count). The average molecular weight is 638 g/mol. The predicted molar refractivity (Wildman–Crippen MR) is 165 cm³/mol. The van der Waals surface area contributed by atoms with Crippen LogP contribution < -0.4 is 9.62 Å². The number of benzene rings is 3. The van der Waals surface area contributed by atoms with E-state index in [9.17, 15) is 22.4 Å². The summed E-state index contributed by atoms with van der Waals surface area (Å²) in [5, 5.41) is 3.57. The van der Waals surface area contributed by atoms with E-state index in [1.807, 2.05) is 37.3 Å². The summed E-state index contributed by atoms with van der Waals surface area (Å²) in [6.07, 6.45) is 1.74. The maximum atomic E-state index is 14.9. The van der Waals surface area contributed by atoms with Crippen LogP contribution in [0.4, 0.5) is 10.1 Å². The molecule has 0 aliphatic carbocycles. The van der Waals surface area contributed by atoms with Crippen LogP contribution in [0.15, 0.2) is 72.8 Å². The van der Waals surface area contributed by atoms with Gasteiger partial charge in [-0.1, -0.05) is 85.1 Å². The Hall–Kier alpha value is -3.18. The maximum Gasteiger partial charge on any atom is 0.304 e. The molecule has 226 valence electrons. The SMILES string of the molecule is CCCCNC(=O)C(Cc1ccccc1)N(Cc1ccc(Cl)cc1Cl)C(=O)CN(c1ccccc1F)S(=O)(=O)N(C)C. The van der Waals surface area contributed by atoms with Crippen LogP contribution in [0.2, 0.25) is 10.0 Å². The normalized spacial score (nSPS) is 12.2. The highest BCUT2D eigenvalue weighted by Gasteiger charge is 2.35. The number of halogens is 3. The standard InChI is InChI=1S/C30H35Cl2FN4O4S/c1-4-5-17-34-30(39)28(18-22-11-7-6-8-12-22)36(20-23-15-16-24(31)19-25(23)32)29(38)21-37(42(40,41)35(2)3)27-14-10-9-13-26(27)33/h6-16,19,28H,4-5,17-18,20-21H2,1-3H3,(H,34,39). The van der Waals surface area contributed by atoms with Crippen molar-refractivity contribution in [1.82, 2.24) is 14.5 Å². The van der Waals surface area contributed by atoms with Crippen LogP contribution in [0.1, 0.15) is 30.9 Å². The molecule has 0 aromatic heterocycles. The lowest BCUT2D eigenvalue weighted by atomic mass is 10.0.